The average molecular weight is 330 g/mol. The lowest BCUT2D eigenvalue weighted by Crippen LogP contribution is -2.25. The van der Waals surface area contributed by atoms with Crippen LogP contribution in [0.4, 0.5) is 0 Å². The third kappa shape index (κ3) is 2.66. The molecule has 0 saturated carbocycles. The summed E-state index contributed by atoms with van der Waals surface area (Å²) in [5.41, 5.74) is 2.04. The maximum Gasteiger partial charge on any atom is 0.261 e. The van der Waals surface area contributed by atoms with Gasteiger partial charge in [-0.1, -0.05) is 6.07 Å². The number of ether oxygens (including phenoxy) is 3. The highest BCUT2D eigenvalue weighted by Crippen LogP contribution is 2.40. The molecule has 0 radical (unpaired) electrons. The highest BCUT2D eigenvalue weighted by molar-refractivity contribution is 5.94. The Kier molecular flexibility index (Phi) is 4.11. The molecule has 2 heterocycles. The Hall–Kier alpha value is -3.03. The number of hydrogen-bond donors (Lipinski definition) is 1. The molecule has 1 N–H and O–H groups in total. The third-order valence-corrected chi connectivity index (χ3v) is 3.59. The number of aryl methyl sites for hydroxylation is 1. The number of para-hydroxylation sites is 1. The summed E-state index contributed by atoms with van der Waals surface area (Å²) in [4.78, 5) is 12.0. The molecule has 1 aliphatic heterocycles. The highest BCUT2D eigenvalue weighted by Gasteiger charge is 2.36. The Morgan fingerprint density at radius 2 is 2.12 bits per heavy atom. The van der Waals surface area contributed by atoms with E-state index in [4.69, 9.17) is 14.2 Å². The van der Waals surface area contributed by atoms with Crippen LogP contribution in [0.3, 0.4) is 0 Å². The van der Waals surface area contributed by atoms with Gasteiger partial charge in [0.2, 0.25) is 12.1 Å². The van der Waals surface area contributed by atoms with E-state index in [1.165, 1.54) is 19.0 Å². The number of amides is 1. The number of methoxy groups -OCH3 is 2. The van der Waals surface area contributed by atoms with E-state index in [9.17, 15) is 4.79 Å². The smallest absolute Gasteiger partial charge is 0.261 e. The molecular weight excluding hydrogens is 312 g/mol. The van der Waals surface area contributed by atoms with Crippen molar-refractivity contribution in [2.75, 3.05) is 14.2 Å². The van der Waals surface area contributed by atoms with Gasteiger partial charge in [0.1, 0.15) is 5.69 Å². The molecule has 0 aliphatic carbocycles. The van der Waals surface area contributed by atoms with Crippen LogP contribution in [0.5, 0.6) is 11.5 Å². The van der Waals surface area contributed by atoms with Crippen LogP contribution in [-0.4, -0.2) is 41.2 Å². The minimum Gasteiger partial charge on any atom is -0.493 e. The summed E-state index contributed by atoms with van der Waals surface area (Å²) in [6.45, 7) is 3.29. The SMILES string of the molecule is COc1cccc([C@@H]2OC(c3cc(C)[nH]n3)=NN2C(C)=O)c1OC. The maximum absolute atomic E-state index is 12.0. The molecule has 24 heavy (non-hydrogen) atoms. The van der Waals surface area contributed by atoms with E-state index in [0.717, 1.165) is 5.69 Å². The number of carbonyl (C=O) groups is 1. The van der Waals surface area contributed by atoms with Crippen LogP contribution in [0.25, 0.3) is 0 Å². The first-order chi connectivity index (χ1) is 11.5. The number of benzene rings is 1. The van der Waals surface area contributed by atoms with Gasteiger partial charge in [0, 0.05) is 12.6 Å². The molecule has 8 nitrogen and oxygen atoms in total. The van der Waals surface area contributed by atoms with Crippen molar-refractivity contribution < 1.29 is 19.0 Å². The fourth-order valence-electron chi connectivity index (χ4n) is 2.51. The zero-order valence-corrected chi connectivity index (χ0v) is 13.9. The summed E-state index contributed by atoms with van der Waals surface area (Å²) < 4.78 is 16.6. The second-order valence-corrected chi connectivity index (χ2v) is 5.26. The van der Waals surface area contributed by atoms with Crippen LogP contribution in [0.1, 0.15) is 30.1 Å². The Bertz CT molecular complexity index is 799. The van der Waals surface area contributed by atoms with Crippen LogP contribution < -0.4 is 9.47 Å². The predicted molar refractivity (Wildman–Crippen MR) is 85.8 cm³/mol. The average Bonchev–Trinajstić information content (AvgIpc) is 3.20. The largest absolute Gasteiger partial charge is 0.493 e. The molecule has 1 aromatic carbocycles. The van der Waals surface area contributed by atoms with E-state index in [-0.39, 0.29) is 11.8 Å². The zero-order valence-electron chi connectivity index (χ0n) is 13.9. The molecule has 0 saturated heterocycles. The van der Waals surface area contributed by atoms with Gasteiger partial charge in [0.25, 0.3) is 5.90 Å². The molecule has 0 spiro atoms. The fraction of sp³-hybridized carbons (Fsp3) is 0.312. The van der Waals surface area contributed by atoms with Crippen molar-refractivity contribution in [1.82, 2.24) is 15.2 Å². The second-order valence-electron chi connectivity index (χ2n) is 5.26. The molecule has 1 amide bonds. The molecule has 3 rings (SSSR count). The molecule has 1 atom stereocenters. The van der Waals surface area contributed by atoms with E-state index in [1.54, 1.807) is 31.4 Å². The molecule has 0 unspecified atom stereocenters. The first-order valence-electron chi connectivity index (χ1n) is 7.33. The van der Waals surface area contributed by atoms with Crippen molar-refractivity contribution in [2.45, 2.75) is 20.1 Å². The molecule has 1 aliphatic rings. The van der Waals surface area contributed by atoms with Crippen molar-refractivity contribution in [3.05, 3.63) is 41.2 Å². The Balaban J connectivity index is 2.01. The Morgan fingerprint density at radius 3 is 2.71 bits per heavy atom. The molecule has 1 aromatic heterocycles. The number of rotatable bonds is 4. The summed E-state index contributed by atoms with van der Waals surface area (Å²) in [5.74, 6) is 1.05. The van der Waals surface area contributed by atoms with Gasteiger partial charge in [-0.3, -0.25) is 9.89 Å². The standard InChI is InChI=1S/C16H18N4O4/c1-9-8-12(18-17-9)15-19-20(10(2)21)16(24-15)11-6-5-7-13(22-3)14(11)23-4/h5-8,16H,1-4H3,(H,17,18)/t16-/m0/s1. The number of aromatic amines is 1. The summed E-state index contributed by atoms with van der Waals surface area (Å²) in [5, 5.41) is 12.5. The molecule has 2 aromatic rings. The van der Waals surface area contributed by atoms with E-state index in [1.807, 2.05) is 6.92 Å². The van der Waals surface area contributed by atoms with Crippen LogP contribution in [0, 0.1) is 6.92 Å². The van der Waals surface area contributed by atoms with Crippen molar-refractivity contribution in [2.24, 2.45) is 5.10 Å². The van der Waals surface area contributed by atoms with Gasteiger partial charge in [-0.05, 0) is 25.1 Å². The van der Waals surface area contributed by atoms with Crippen molar-refractivity contribution in [1.29, 1.82) is 0 Å². The number of carbonyl (C=O) groups excluding carboxylic acids is 1. The number of nitrogens with zero attached hydrogens (tertiary/aromatic N) is 3. The topological polar surface area (TPSA) is 89.0 Å². The minimum atomic E-state index is -0.750. The summed E-state index contributed by atoms with van der Waals surface area (Å²) in [6, 6.07) is 7.17. The summed E-state index contributed by atoms with van der Waals surface area (Å²) >= 11 is 0. The lowest BCUT2D eigenvalue weighted by Gasteiger charge is -2.22. The fourth-order valence-corrected chi connectivity index (χ4v) is 2.51. The van der Waals surface area contributed by atoms with E-state index >= 15 is 0 Å². The van der Waals surface area contributed by atoms with Crippen molar-refractivity contribution in [3.8, 4) is 11.5 Å². The molecule has 0 bridgehead atoms. The van der Waals surface area contributed by atoms with Crippen LogP contribution >= 0.6 is 0 Å². The molecular formula is C16H18N4O4. The number of aromatic nitrogens is 2. The Morgan fingerprint density at radius 1 is 1.33 bits per heavy atom. The van der Waals surface area contributed by atoms with Gasteiger partial charge in [0.15, 0.2) is 11.5 Å². The number of nitrogens with one attached hydrogen (secondary N) is 1. The zero-order chi connectivity index (χ0) is 17.3. The van der Waals surface area contributed by atoms with Crippen molar-refractivity contribution >= 4 is 11.8 Å². The van der Waals surface area contributed by atoms with Crippen LogP contribution in [-0.2, 0) is 9.53 Å². The van der Waals surface area contributed by atoms with Gasteiger partial charge in [-0.25, -0.2) is 0 Å². The lowest BCUT2D eigenvalue weighted by atomic mass is 10.1. The lowest BCUT2D eigenvalue weighted by molar-refractivity contribution is -0.135. The number of hydrazone groups is 1. The molecule has 126 valence electrons. The summed E-state index contributed by atoms with van der Waals surface area (Å²) in [6.07, 6.45) is -0.750. The third-order valence-electron chi connectivity index (χ3n) is 3.59. The Labute approximate surface area is 139 Å². The molecule has 0 fully saturated rings. The highest BCUT2D eigenvalue weighted by atomic mass is 16.5. The first-order valence-corrected chi connectivity index (χ1v) is 7.33. The van der Waals surface area contributed by atoms with Gasteiger partial charge in [-0.2, -0.15) is 10.1 Å². The van der Waals surface area contributed by atoms with E-state index < -0.39 is 6.23 Å². The van der Waals surface area contributed by atoms with Crippen LogP contribution in [0.15, 0.2) is 29.4 Å². The summed E-state index contributed by atoms with van der Waals surface area (Å²) in [7, 11) is 3.08. The van der Waals surface area contributed by atoms with Gasteiger partial charge in [-0.15, -0.1) is 5.10 Å². The van der Waals surface area contributed by atoms with E-state index in [0.29, 0.717) is 22.8 Å². The monoisotopic (exact) mass is 330 g/mol. The maximum atomic E-state index is 12.0. The van der Waals surface area contributed by atoms with E-state index in [2.05, 4.69) is 15.3 Å². The quantitative estimate of drug-likeness (QED) is 0.926. The first kappa shape index (κ1) is 15.9. The van der Waals surface area contributed by atoms with Gasteiger partial charge >= 0.3 is 0 Å². The number of H-pyrrole nitrogens is 1. The number of hydrogen-bond acceptors (Lipinski definition) is 6. The predicted octanol–water partition coefficient (Wildman–Crippen LogP) is 1.97. The molecule has 8 heteroatoms. The van der Waals surface area contributed by atoms with Crippen LogP contribution in [0.2, 0.25) is 0 Å². The minimum absolute atomic E-state index is 0.257. The van der Waals surface area contributed by atoms with Gasteiger partial charge < -0.3 is 14.2 Å². The van der Waals surface area contributed by atoms with Crippen molar-refractivity contribution in [3.63, 3.8) is 0 Å². The normalized spacial score (nSPS) is 16.6. The van der Waals surface area contributed by atoms with Gasteiger partial charge in [0.05, 0.1) is 19.8 Å². The second kappa shape index (κ2) is 6.23.